The molecule has 3 heterocycles. The number of nitrogens with one attached hydrogen (secondary N) is 4. The predicted molar refractivity (Wildman–Crippen MR) is 265 cm³/mol. The van der Waals surface area contributed by atoms with Crippen molar-refractivity contribution < 1.29 is 76.3 Å². The minimum Gasteiger partial charge on any atom is -0.463 e. The Morgan fingerprint density at radius 3 is 1.78 bits per heavy atom. The van der Waals surface area contributed by atoms with Crippen molar-refractivity contribution >= 4 is 53.8 Å². The van der Waals surface area contributed by atoms with Gasteiger partial charge >= 0.3 is 30.3 Å². The van der Waals surface area contributed by atoms with Crippen LogP contribution < -0.4 is 21.3 Å². The maximum atomic E-state index is 12.6. The lowest BCUT2D eigenvalue weighted by atomic mass is 10.2. The summed E-state index contributed by atoms with van der Waals surface area (Å²) in [5, 5.41) is 26.8. The Labute approximate surface area is 439 Å². The zero-order valence-corrected chi connectivity index (χ0v) is 43.3. The number of esters is 1. The summed E-state index contributed by atoms with van der Waals surface area (Å²) in [6.45, 7) is 6.05. The van der Waals surface area contributed by atoms with Gasteiger partial charge in [0.2, 0.25) is 5.91 Å². The zero-order chi connectivity index (χ0) is 54.9. The van der Waals surface area contributed by atoms with Crippen LogP contribution in [0.5, 0.6) is 0 Å². The van der Waals surface area contributed by atoms with Crippen LogP contribution in [0.4, 0.5) is 24.9 Å². The molecule has 1 aliphatic rings. The molecule has 0 spiro atoms. The SMILES string of the molecule is CCCOCCn1cc(CNC(=O)OCC(COC(=O)NCc2cn(CCOCCOC(=O)CCCNc3ccc(COC(=O)N(C)CCN(C)C(C)=O)cc3)nn2)NC(=O)OCCOCCN2C(=O)C=CC2=O)nn1. The van der Waals surface area contributed by atoms with Crippen LogP contribution in [0.15, 0.2) is 48.8 Å². The molecule has 29 nitrogen and oxygen atoms in total. The number of nitrogens with zero attached hydrogens (tertiary/aromatic N) is 9. The fourth-order valence-corrected chi connectivity index (χ4v) is 6.22. The lowest BCUT2D eigenvalue weighted by Gasteiger charge is -2.21. The van der Waals surface area contributed by atoms with E-state index in [4.69, 9.17) is 37.9 Å². The van der Waals surface area contributed by atoms with Gasteiger partial charge in [-0.3, -0.25) is 24.1 Å². The van der Waals surface area contributed by atoms with Crippen LogP contribution in [0.1, 0.15) is 50.1 Å². The van der Waals surface area contributed by atoms with Crippen molar-refractivity contribution in [3.05, 3.63) is 65.8 Å². The second-order valence-corrected chi connectivity index (χ2v) is 16.7. The number of ether oxygens (including phenoxy) is 8. The van der Waals surface area contributed by atoms with Crippen LogP contribution >= 0.6 is 0 Å². The topological polar surface area (TPSA) is 330 Å². The Kier molecular flexibility index (Phi) is 27.6. The number of amides is 7. The molecule has 76 heavy (non-hydrogen) atoms. The largest absolute Gasteiger partial charge is 0.463 e. The van der Waals surface area contributed by atoms with E-state index in [1.807, 2.05) is 31.2 Å². The number of imide groups is 1. The first-order valence-corrected chi connectivity index (χ1v) is 24.6. The summed E-state index contributed by atoms with van der Waals surface area (Å²) >= 11 is 0. The smallest absolute Gasteiger partial charge is 0.409 e. The van der Waals surface area contributed by atoms with Crippen molar-refractivity contribution in [1.29, 1.82) is 0 Å². The summed E-state index contributed by atoms with van der Waals surface area (Å²) in [5.41, 5.74) is 2.51. The predicted octanol–water partition coefficient (Wildman–Crippen LogP) is 0.984. The number of benzene rings is 1. The molecule has 418 valence electrons. The monoisotopic (exact) mass is 1070 g/mol. The maximum Gasteiger partial charge on any atom is 0.409 e. The zero-order valence-electron chi connectivity index (χ0n) is 43.3. The summed E-state index contributed by atoms with van der Waals surface area (Å²) in [4.78, 5) is 101. The number of alkyl carbamates (subject to hydrolysis) is 3. The number of anilines is 1. The first-order valence-electron chi connectivity index (χ1n) is 24.6. The normalized spacial score (nSPS) is 12.2. The Bertz CT molecular complexity index is 2310. The third-order valence-corrected chi connectivity index (χ3v) is 10.6. The van der Waals surface area contributed by atoms with Gasteiger partial charge in [-0.25, -0.2) is 28.5 Å². The lowest BCUT2D eigenvalue weighted by molar-refractivity contribution is -0.145. The lowest BCUT2D eigenvalue weighted by Crippen LogP contribution is -2.44. The summed E-state index contributed by atoms with van der Waals surface area (Å²) in [5.74, 6) is -1.34. The molecular formula is C47H69N13O16. The highest BCUT2D eigenvalue weighted by molar-refractivity contribution is 6.12. The van der Waals surface area contributed by atoms with Crippen LogP contribution in [0, 0.1) is 0 Å². The minimum absolute atomic E-state index is 0.00496. The maximum absolute atomic E-state index is 12.6. The van der Waals surface area contributed by atoms with Crippen LogP contribution in [0.3, 0.4) is 0 Å². The van der Waals surface area contributed by atoms with Gasteiger partial charge in [-0.2, -0.15) is 0 Å². The van der Waals surface area contributed by atoms with Gasteiger partial charge in [0.05, 0.1) is 78.2 Å². The summed E-state index contributed by atoms with van der Waals surface area (Å²) in [6, 6.07) is 6.32. The molecule has 1 unspecified atom stereocenters. The Balaban J connectivity index is 1.06. The van der Waals surface area contributed by atoms with E-state index in [1.165, 1.54) is 21.4 Å². The van der Waals surface area contributed by atoms with Gasteiger partial charge in [0.1, 0.15) is 50.5 Å². The van der Waals surface area contributed by atoms with Crippen LogP contribution in [0.2, 0.25) is 0 Å². The molecule has 2 aromatic heterocycles. The Morgan fingerprint density at radius 1 is 0.645 bits per heavy atom. The van der Waals surface area contributed by atoms with E-state index in [0.29, 0.717) is 63.7 Å². The summed E-state index contributed by atoms with van der Waals surface area (Å²) in [7, 11) is 3.27. The van der Waals surface area contributed by atoms with Crippen molar-refractivity contribution in [2.75, 3.05) is 112 Å². The van der Waals surface area contributed by atoms with Gasteiger partial charge in [0, 0.05) is 71.5 Å². The summed E-state index contributed by atoms with van der Waals surface area (Å²) < 4.78 is 45.7. The molecule has 0 bridgehead atoms. The molecule has 4 N–H and O–H groups in total. The van der Waals surface area contributed by atoms with E-state index in [0.717, 1.165) is 34.7 Å². The van der Waals surface area contributed by atoms with Gasteiger partial charge in [-0.15, -0.1) is 10.2 Å². The van der Waals surface area contributed by atoms with E-state index in [2.05, 4.69) is 41.9 Å². The van der Waals surface area contributed by atoms with Crippen molar-refractivity contribution in [1.82, 2.24) is 60.6 Å². The molecule has 0 saturated heterocycles. The Morgan fingerprint density at radius 2 is 1.20 bits per heavy atom. The highest BCUT2D eigenvalue weighted by Gasteiger charge is 2.23. The first kappa shape index (κ1) is 60.6. The van der Waals surface area contributed by atoms with Crippen molar-refractivity contribution in [3.8, 4) is 0 Å². The molecule has 1 aliphatic heterocycles. The third kappa shape index (κ3) is 24.9. The molecule has 0 radical (unpaired) electrons. The van der Waals surface area contributed by atoms with E-state index in [1.54, 1.807) is 31.2 Å². The second kappa shape index (κ2) is 34.5. The molecule has 0 fully saturated rings. The van der Waals surface area contributed by atoms with E-state index >= 15 is 0 Å². The fraction of sp³-hybridized carbons (Fsp3) is 0.574. The molecule has 29 heteroatoms. The van der Waals surface area contributed by atoms with Crippen LogP contribution in [-0.4, -0.2) is 205 Å². The van der Waals surface area contributed by atoms with Crippen molar-refractivity contribution in [2.24, 2.45) is 0 Å². The standard InChI is InChI=1S/C47H69N13O16/c1-5-20-69-21-17-58-30-38(52-54-58)28-49-44(65)74-33-40(51-46(67)73-27-25-71-23-19-60-41(62)12-13-42(60)63)34-75-45(66)50-29-39-31-59(55-53-39)18-22-70-24-26-72-43(64)7-6-14-48-37-10-8-36(9-11-37)32-76-47(68)57(4)16-15-56(3)35(2)61/h8-13,30-31,40,48H,5-7,14-29,32-34H2,1-4H3,(H,49,65)(H,50,66)(H,51,67). The van der Waals surface area contributed by atoms with E-state index in [-0.39, 0.29) is 84.2 Å². The van der Waals surface area contributed by atoms with E-state index in [9.17, 15) is 38.4 Å². The molecule has 0 saturated carbocycles. The van der Waals surface area contributed by atoms with Gasteiger partial charge in [-0.05, 0) is 30.5 Å². The number of hydrogen-bond acceptors (Lipinski definition) is 21. The highest BCUT2D eigenvalue weighted by Crippen LogP contribution is 2.12. The average Bonchev–Trinajstić information content (AvgIpc) is 4.16. The highest BCUT2D eigenvalue weighted by atomic mass is 16.6. The van der Waals surface area contributed by atoms with Crippen molar-refractivity contribution in [2.45, 2.75) is 71.9 Å². The molecule has 1 aromatic carbocycles. The number of carbonyl (C=O) groups is 8. The number of hydrogen-bond donors (Lipinski definition) is 4. The molecule has 7 amide bonds. The molecular weight excluding hydrogens is 1000 g/mol. The van der Waals surface area contributed by atoms with Crippen LogP contribution in [-0.2, 0) is 89.9 Å². The second-order valence-electron chi connectivity index (χ2n) is 16.7. The van der Waals surface area contributed by atoms with Gasteiger partial charge in [0.25, 0.3) is 11.8 Å². The first-order chi connectivity index (χ1) is 36.7. The van der Waals surface area contributed by atoms with Gasteiger partial charge in [0.15, 0.2) is 0 Å². The molecule has 0 aliphatic carbocycles. The number of aromatic nitrogens is 6. The Hall–Kier alpha value is -7.92. The minimum atomic E-state index is -1.06. The quantitative estimate of drug-likeness (QED) is 0.0273. The van der Waals surface area contributed by atoms with Crippen LogP contribution in [0.25, 0.3) is 0 Å². The van der Waals surface area contributed by atoms with Gasteiger partial charge in [-0.1, -0.05) is 29.5 Å². The van der Waals surface area contributed by atoms with Gasteiger partial charge < -0.3 is 69.0 Å². The third-order valence-electron chi connectivity index (χ3n) is 10.6. The number of likely N-dealkylation sites (N-methyl/N-ethyl adjacent to an activating group) is 2. The number of carbonyl (C=O) groups excluding carboxylic acids is 8. The molecule has 4 rings (SSSR count). The van der Waals surface area contributed by atoms with Crippen molar-refractivity contribution in [3.63, 3.8) is 0 Å². The molecule has 3 aromatic rings. The fourth-order valence-electron chi connectivity index (χ4n) is 6.22. The molecule has 1 atom stereocenters. The summed E-state index contributed by atoms with van der Waals surface area (Å²) in [6.07, 6.45) is 4.04. The average molecular weight is 1070 g/mol. The number of rotatable bonds is 36. The van der Waals surface area contributed by atoms with E-state index < -0.39 is 55.4 Å².